The molecule has 5 heterocycles. The van der Waals surface area contributed by atoms with Crippen LogP contribution in [-0.2, 0) is 0 Å². The van der Waals surface area contributed by atoms with Gasteiger partial charge in [0.2, 0.25) is 5.88 Å². The second kappa shape index (κ2) is 8.60. The molecule has 1 unspecified atom stereocenters. The summed E-state index contributed by atoms with van der Waals surface area (Å²) in [6.45, 7) is 7.87. The Morgan fingerprint density at radius 1 is 1.15 bits per heavy atom. The first-order valence-corrected chi connectivity index (χ1v) is 11.1. The highest BCUT2D eigenvalue weighted by molar-refractivity contribution is 5.68. The fourth-order valence-corrected chi connectivity index (χ4v) is 4.31. The largest absolute Gasteiger partial charge is 0.469 e. The minimum absolute atomic E-state index is 0.337. The third-order valence-electron chi connectivity index (χ3n) is 6.07. The molecule has 1 N–H and O–H groups in total. The van der Waals surface area contributed by atoms with E-state index >= 15 is 0 Å². The van der Waals surface area contributed by atoms with E-state index in [2.05, 4.69) is 36.9 Å². The number of hydrogen-bond acceptors (Lipinski definition) is 8. The topological polar surface area (TPSA) is 119 Å². The van der Waals surface area contributed by atoms with Gasteiger partial charge in [-0.1, -0.05) is 5.21 Å². The normalized spacial score (nSPS) is 15.5. The van der Waals surface area contributed by atoms with Crippen LogP contribution in [0, 0.1) is 25.2 Å². The molecule has 10 heteroatoms. The van der Waals surface area contributed by atoms with Crippen molar-refractivity contribution in [3.8, 4) is 23.2 Å². The summed E-state index contributed by atoms with van der Waals surface area (Å²) >= 11 is 0. The van der Waals surface area contributed by atoms with E-state index in [1.165, 1.54) is 0 Å². The molecule has 1 fully saturated rings. The van der Waals surface area contributed by atoms with Crippen LogP contribution in [0.4, 0.5) is 0 Å². The lowest BCUT2D eigenvalue weighted by molar-refractivity contribution is 0.208. The molecule has 0 radical (unpaired) electrons. The summed E-state index contributed by atoms with van der Waals surface area (Å²) in [6.07, 6.45) is 4.92. The Hall–Kier alpha value is -3.84. The number of piperidine rings is 1. The lowest BCUT2D eigenvalue weighted by atomic mass is 10.1. The van der Waals surface area contributed by atoms with Gasteiger partial charge in [-0.15, -0.1) is 5.10 Å². The molecule has 0 aliphatic carbocycles. The summed E-state index contributed by atoms with van der Waals surface area (Å²) in [5.41, 5.74) is 5.33. The van der Waals surface area contributed by atoms with E-state index in [4.69, 9.17) is 4.74 Å². The molecular weight excluding hydrogens is 418 g/mol. The van der Waals surface area contributed by atoms with E-state index in [-0.39, 0.29) is 6.10 Å². The van der Waals surface area contributed by atoms with Gasteiger partial charge in [-0.2, -0.15) is 15.5 Å². The maximum atomic E-state index is 9.59. The Morgan fingerprint density at radius 2 is 1.97 bits per heavy atom. The monoisotopic (exact) mass is 443 g/mol. The van der Waals surface area contributed by atoms with Crippen LogP contribution in [0.15, 0.2) is 30.6 Å². The zero-order valence-corrected chi connectivity index (χ0v) is 18.9. The van der Waals surface area contributed by atoms with Crippen molar-refractivity contribution in [2.45, 2.75) is 45.8 Å². The Kier molecular flexibility index (Phi) is 5.48. The number of nitriles is 1. The van der Waals surface area contributed by atoms with E-state index in [9.17, 15) is 5.26 Å². The van der Waals surface area contributed by atoms with Crippen LogP contribution in [0.3, 0.4) is 0 Å². The van der Waals surface area contributed by atoms with Gasteiger partial charge in [0, 0.05) is 11.6 Å². The molecule has 10 nitrogen and oxygen atoms in total. The van der Waals surface area contributed by atoms with Gasteiger partial charge in [0.1, 0.15) is 34.9 Å². The Balaban J connectivity index is 1.56. The van der Waals surface area contributed by atoms with Crippen LogP contribution >= 0.6 is 0 Å². The summed E-state index contributed by atoms with van der Waals surface area (Å²) in [6, 6.07) is 8.26. The summed E-state index contributed by atoms with van der Waals surface area (Å²) < 4.78 is 10.0. The standard InChI is InChI=1S/C23H25N9O/c1-14-8-20(28-27-12-14)16(3)33-22-10-17(9-21-26-13-19(11-24)31(21)22)23-15(2)32(30-29-23)18-4-6-25-7-5-18/h8-10,12-13,16,18,25H,4-7H2,1-3H3. The third-order valence-corrected chi connectivity index (χ3v) is 6.07. The molecule has 0 saturated carbocycles. The van der Waals surface area contributed by atoms with Crippen molar-refractivity contribution in [3.05, 3.63) is 53.2 Å². The van der Waals surface area contributed by atoms with E-state index in [1.54, 1.807) is 16.8 Å². The predicted molar refractivity (Wildman–Crippen MR) is 121 cm³/mol. The number of nitrogens with one attached hydrogen (secondary N) is 1. The fourth-order valence-electron chi connectivity index (χ4n) is 4.31. The molecule has 0 spiro atoms. The molecule has 4 aromatic rings. The van der Waals surface area contributed by atoms with Gasteiger partial charge in [0.25, 0.3) is 0 Å². The molecule has 1 atom stereocenters. The molecule has 1 saturated heterocycles. The zero-order valence-electron chi connectivity index (χ0n) is 18.9. The number of rotatable bonds is 5. The van der Waals surface area contributed by atoms with Crippen molar-refractivity contribution in [2.24, 2.45) is 0 Å². The number of ether oxygens (including phenoxy) is 1. The molecule has 0 aromatic carbocycles. The van der Waals surface area contributed by atoms with Gasteiger partial charge in [-0.05, 0) is 64.4 Å². The van der Waals surface area contributed by atoms with E-state index in [1.807, 2.05) is 43.7 Å². The molecule has 168 valence electrons. The lowest BCUT2D eigenvalue weighted by Crippen LogP contribution is -2.30. The van der Waals surface area contributed by atoms with Gasteiger partial charge < -0.3 is 10.1 Å². The van der Waals surface area contributed by atoms with Gasteiger partial charge in [0.05, 0.1) is 24.1 Å². The van der Waals surface area contributed by atoms with Crippen LogP contribution in [0.5, 0.6) is 5.88 Å². The Bertz CT molecular complexity index is 1340. The molecule has 1 aliphatic heterocycles. The molecule has 0 bridgehead atoms. The first-order valence-electron chi connectivity index (χ1n) is 11.1. The third kappa shape index (κ3) is 3.91. The molecule has 33 heavy (non-hydrogen) atoms. The van der Waals surface area contributed by atoms with Gasteiger partial charge in [-0.25, -0.2) is 9.67 Å². The van der Waals surface area contributed by atoms with E-state index in [0.717, 1.165) is 48.4 Å². The summed E-state index contributed by atoms with van der Waals surface area (Å²) in [5.74, 6) is 0.489. The van der Waals surface area contributed by atoms with Crippen molar-refractivity contribution in [2.75, 3.05) is 13.1 Å². The highest BCUT2D eigenvalue weighted by Crippen LogP contribution is 2.32. The molecule has 0 amide bonds. The number of hydrogen-bond donors (Lipinski definition) is 1. The van der Waals surface area contributed by atoms with Crippen LogP contribution in [0.25, 0.3) is 16.9 Å². The second-order valence-corrected chi connectivity index (χ2v) is 8.40. The molecule has 1 aliphatic rings. The predicted octanol–water partition coefficient (Wildman–Crippen LogP) is 2.94. The number of aromatic nitrogens is 7. The van der Waals surface area contributed by atoms with Crippen LogP contribution in [-0.4, -0.2) is 47.7 Å². The van der Waals surface area contributed by atoms with Gasteiger partial charge in [-0.3, -0.25) is 4.40 Å². The van der Waals surface area contributed by atoms with Crippen LogP contribution < -0.4 is 10.1 Å². The van der Waals surface area contributed by atoms with Crippen molar-refractivity contribution in [1.82, 2.24) is 39.9 Å². The number of aryl methyl sites for hydroxylation is 1. The first-order chi connectivity index (χ1) is 16.0. The lowest BCUT2D eigenvalue weighted by Gasteiger charge is -2.23. The fraction of sp³-hybridized carbons (Fsp3) is 0.391. The van der Waals surface area contributed by atoms with Crippen molar-refractivity contribution in [3.63, 3.8) is 0 Å². The summed E-state index contributed by atoms with van der Waals surface area (Å²) in [7, 11) is 0. The molecule has 5 rings (SSSR count). The molecular formula is C23H25N9O. The Morgan fingerprint density at radius 3 is 2.73 bits per heavy atom. The number of fused-ring (bicyclic) bond motifs is 1. The van der Waals surface area contributed by atoms with E-state index < -0.39 is 0 Å². The maximum absolute atomic E-state index is 9.59. The smallest absolute Gasteiger partial charge is 0.201 e. The van der Waals surface area contributed by atoms with Crippen LogP contribution in [0.2, 0.25) is 0 Å². The quantitative estimate of drug-likeness (QED) is 0.500. The average Bonchev–Trinajstić information content (AvgIpc) is 3.43. The highest BCUT2D eigenvalue weighted by Gasteiger charge is 2.22. The number of imidazole rings is 1. The van der Waals surface area contributed by atoms with Crippen molar-refractivity contribution >= 4 is 5.65 Å². The summed E-state index contributed by atoms with van der Waals surface area (Å²) in [4.78, 5) is 4.43. The number of pyridine rings is 1. The molecule has 4 aromatic heterocycles. The van der Waals surface area contributed by atoms with Crippen molar-refractivity contribution < 1.29 is 4.74 Å². The highest BCUT2D eigenvalue weighted by atomic mass is 16.5. The SMILES string of the molecule is Cc1cnnc(C(C)Oc2cc(-c3nnn(C4CCNCC4)c3C)cc3ncc(C#N)n23)c1. The van der Waals surface area contributed by atoms with Gasteiger partial charge >= 0.3 is 0 Å². The minimum Gasteiger partial charge on any atom is -0.469 e. The van der Waals surface area contributed by atoms with Crippen molar-refractivity contribution in [1.29, 1.82) is 5.26 Å². The summed E-state index contributed by atoms with van der Waals surface area (Å²) in [5, 5.41) is 30.2. The minimum atomic E-state index is -0.378. The first kappa shape index (κ1) is 21.0. The zero-order chi connectivity index (χ0) is 22.9. The Labute approximate surface area is 191 Å². The van der Waals surface area contributed by atoms with Crippen LogP contribution in [0.1, 0.15) is 54.6 Å². The second-order valence-electron chi connectivity index (χ2n) is 8.40. The van der Waals surface area contributed by atoms with E-state index in [0.29, 0.717) is 29.0 Å². The van der Waals surface area contributed by atoms with Gasteiger partial charge in [0.15, 0.2) is 0 Å². The average molecular weight is 444 g/mol. The maximum Gasteiger partial charge on any atom is 0.201 e. The number of nitrogens with zero attached hydrogens (tertiary/aromatic N) is 8.